The molecule has 0 spiro atoms. The van der Waals surface area contributed by atoms with E-state index in [1.165, 1.54) is 17.5 Å². The van der Waals surface area contributed by atoms with Crippen LogP contribution >= 0.6 is 11.3 Å². The molecule has 0 fully saturated rings. The van der Waals surface area contributed by atoms with Gasteiger partial charge in [-0.15, -0.1) is 11.3 Å². The summed E-state index contributed by atoms with van der Waals surface area (Å²) >= 11 is 1.51. The van der Waals surface area contributed by atoms with Gasteiger partial charge >= 0.3 is 0 Å². The Hall–Kier alpha value is -1.25. The van der Waals surface area contributed by atoms with Gasteiger partial charge in [-0.1, -0.05) is 6.92 Å². The first-order chi connectivity index (χ1) is 9.83. The molecule has 2 heterocycles. The molecule has 21 heavy (non-hydrogen) atoms. The highest BCUT2D eigenvalue weighted by molar-refractivity contribution is 7.89. The third-order valence-electron chi connectivity index (χ3n) is 3.06. The fourth-order valence-corrected chi connectivity index (χ4v) is 4.04. The molecule has 1 atom stereocenters. The predicted molar refractivity (Wildman–Crippen MR) is 82.8 cm³/mol. The Kier molecular flexibility index (Phi) is 4.80. The van der Waals surface area contributed by atoms with Gasteiger partial charge in [0.2, 0.25) is 10.0 Å². The zero-order valence-corrected chi connectivity index (χ0v) is 14.2. The van der Waals surface area contributed by atoms with Crippen molar-refractivity contribution in [3.05, 3.63) is 28.5 Å². The molecule has 0 saturated carbocycles. The Morgan fingerprint density at radius 2 is 2.10 bits per heavy atom. The second-order valence-electron chi connectivity index (χ2n) is 5.14. The number of sulfonamides is 1. The Balaban J connectivity index is 2.22. The monoisotopic (exact) mass is 328 g/mol. The van der Waals surface area contributed by atoms with E-state index in [4.69, 9.17) is 0 Å². The van der Waals surface area contributed by atoms with Crippen LogP contribution in [0.25, 0.3) is 0 Å². The highest BCUT2D eigenvalue weighted by Gasteiger charge is 2.23. The number of hydrogen-bond donors (Lipinski definition) is 1. The molecule has 0 amide bonds. The van der Waals surface area contributed by atoms with Crippen molar-refractivity contribution >= 4 is 21.4 Å². The molecule has 0 aliphatic heterocycles. The van der Waals surface area contributed by atoms with E-state index in [9.17, 15) is 8.42 Å². The van der Waals surface area contributed by atoms with Crippen LogP contribution in [0.15, 0.2) is 23.5 Å². The lowest BCUT2D eigenvalue weighted by Crippen LogP contribution is -2.28. The van der Waals surface area contributed by atoms with Crippen LogP contribution in [0.2, 0.25) is 0 Å². The molecule has 2 rings (SSSR count). The minimum absolute atomic E-state index is 0.123. The molecule has 6 nitrogen and oxygen atoms in total. The Labute approximate surface area is 129 Å². The maximum Gasteiger partial charge on any atom is 0.244 e. The molecule has 2 aromatic heterocycles. The summed E-state index contributed by atoms with van der Waals surface area (Å²) in [4.78, 5) is 5.52. The number of nitrogens with zero attached hydrogens (tertiary/aromatic N) is 3. The maximum absolute atomic E-state index is 12.4. The van der Waals surface area contributed by atoms with Crippen LogP contribution in [0.1, 0.15) is 49.2 Å². The first kappa shape index (κ1) is 16.1. The van der Waals surface area contributed by atoms with Crippen LogP contribution in [0.5, 0.6) is 0 Å². The zero-order chi connectivity index (χ0) is 15.6. The summed E-state index contributed by atoms with van der Waals surface area (Å²) in [6.07, 6.45) is 5.33. The lowest BCUT2D eigenvalue weighted by molar-refractivity contribution is 0.529. The standard InChI is InChI=1S/C13H20N4O2S2/c1-5-12(13-14-6-10(4)20-13)16-21(18,19)11-7-15-17(8-11)9(2)3/h6-9,12,16H,5H2,1-4H3. The average Bonchev–Trinajstić information content (AvgIpc) is 3.04. The normalized spacial score (nSPS) is 13.8. The molecule has 0 radical (unpaired) electrons. The van der Waals surface area contributed by atoms with Crippen LogP contribution in [0.4, 0.5) is 0 Å². The number of rotatable bonds is 6. The summed E-state index contributed by atoms with van der Waals surface area (Å²) in [6, 6.07) is -0.186. The second-order valence-corrected chi connectivity index (χ2v) is 8.12. The molecular weight excluding hydrogens is 308 g/mol. The number of thiazole rings is 1. The molecule has 2 aromatic rings. The van der Waals surface area contributed by atoms with Crippen molar-refractivity contribution in [3.8, 4) is 0 Å². The smallest absolute Gasteiger partial charge is 0.244 e. The topological polar surface area (TPSA) is 76.9 Å². The van der Waals surface area contributed by atoms with Gasteiger partial charge in [-0.3, -0.25) is 4.68 Å². The summed E-state index contributed by atoms with van der Waals surface area (Å²) in [5.41, 5.74) is 0. The summed E-state index contributed by atoms with van der Waals surface area (Å²) in [6.45, 7) is 7.78. The first-order valence-corrected chi connectivity index (χ1v) is 9.12. The van der Waals surface area contributed by atoms with Crippen LogP contribution in [0, 0.1) is 6.92 Å². The van der Waals surface area contributed by atoms with Crippen molar-refractivity contribution in [3.63, 3.8) is 0 Å². The number of hydrogen-bond acceptors (Lipinski definition) is 5. The van der Waals surface area contributed by atoms with Crippen molar-refractivity contribution < 1.29 is 8.42 Å². The maximum atomic E-state index is 12.4. The van der Waals surface area contributed by atoms with E-state index < -0.39 is 10.0 Å². The Morgan fingerprint density at radius 3 is 2.57 bits per heavy atom. The van der Waals surface area contributed by atoms with Crippen molar-refractivity contribution in [2.24, 2.45) is 0 Å². The molecule has 0 aliphatic rings. The minimum atomic E-state index is -3.59. The number of aryl methyl sites for hydroxylation is 1. The molecular formula is C13H20N4O2S2. The first-order valence-electron chi connectivity index (χ1n) is 6.82. The zero-order valence-electron chi connectivity index (χ0n) is 12.6. The lowest BCUT2D eigenvalue weighted by Gasteiger charge is -2.13. The van der Waals surface area contributed by atoms with Gasteiger partial charge in [0.25, 0.3) is 0 Å². The predicted octanol–water partition coefficient (Wildman–Crippen LogP) is 2.66. The van der Waals surface area contributed by atoms with Crippen molar-refractivity contribution in [2.45, 2.75) is 51.1 Å². The van der Waals surface area contributed by atoms with Gasteiger partial charge in [-0.2, -0.15) is 5.10 Å². The quantitative estimate of drug-likeness (QED) is 0.884. The highest BCUT2D eigenvalue weighted by atomic mass is 32.2. The Bertz CT molecular complexity index is 703. The van der Waals surface area contributed by atoms with E-state index in [1.54, 1.807) is 17.1 Å². The fraction of sp³-hybridized carbons (Fsp3) is 0.538. The largest absolute Gasteiger partial charge is 0.269 e. The van der Waals surface area contributed by atoms with Gasteiger partial charge in [0.1, 0.15) is 9.90 Å². The molecule has 0 saturated heterocycles. The van der Waals surface area contributed by atoms with E-state index >= 15 is 0 Å². The molecule has 116 valence electrons. The minimum Gasteiger partial charge on any atom is -0.269 e. The van der Waals surface area contributed by atoms with Crippen molar-refractivity contribution in [2.75, 3.05) is 0 Å². The average molecular weight is 328 g/mol. The van der Waals surface area contributed by atoms with E-state index in [-0.39, 0.29) is 17.0 Å². The molecule has 0 aromatic carbocycles. The van der Waals surface area contributed by atoms with Crippen LogP contribution < -0.4 is 4.72 Å². The third-order valence-corrected chi connectivity index (χ3v) is 5.51. The van der Waals surface area contributed by atoms with Gasteiger partial charge in [0.15, 0.2) is 0 Å². The summed E-state index contributed by atoms with van der Waals surface area (Å²) in [5.74, 6) is 0. The lowest BCUT2D eigenvalue weighted by atomic mass is 10.3. The summed E-state index contributed by atoms with van der Waals surface area (Å²) < 4.78 is 29.2. The summed E-state index contributed by atoms with van der Waals surface area (Å²) in [7, 11) is -3.59. The molecule has 0 aliphatic carbocycles. The fourth-order valence-electron chi connectivity index (χ4n) is 1.84. The van der Waals surface area contributed by atoms with Crippen LogP contribution in [-0.2, 0) is 10.0 Å². The van der Waals surface area contributed by atoms with E-state index in [1.807, 2.05) is 27.7 Å². The molecule has 1 unspecified atom stereocenters. The number of aromatic nitrogens is 3. The molecule has 8 heteroatoms. The van der Waals surface area contributed by atoms with Crippen LogP contribution in [0.3, 0.4) is 0 Å². The van der Waals surface area contributed by atoms with E-state index in [0.29, 0.717) is 6.42 Å². The van der Waals surface area contributed by atoms with Gasteiger partial charge in [0.05, 0.1) is 12.2 Å². The van der Waals surface area contributed by atoms with E-state index in [0.717, 1.165) is 9.88 Å². The second kappa shape index (κ2) is 6.25. The number of nitrogens with one attached hydrogen (secondary N) is 1. The van der Waals surface area contributed by atoms with Gasteiger partial charge in [-0.05, 0) is 27.2 Å². The van der Waals surface area contributed by atoms with E-state index in [2.05, 4.69) is 14.8 Å². The van der Waals surface area contributed by atoms with Crippen molar-refractivity contribution in [1.29, 1.82) is 0 Å². The van der Waals surface area contributed by atoms with Gasteiger partial charge in [0, 0.05) is 23.3 Å². The van der Waals surface area contributed by atoms with Gasteiger partial charge in [-0.25, -0.2) is 18.1 Å². The van der Waals surface area contributed by atoms with Crippen molar-refractivity contribution in [1.82, 2.24) is 19.5 Å². The SMILES string of the molecule is CCC(NS(=O)(=O)c1cnn(C(C)C)c1)c1ncc(C)s1. The third kappa shape index (κ3) is 3.69. The molecule has 0 bridgehead atoms. The van der Waals surface area contributed by atoms with Gasteiger partial charge < -0.3 is 0 Å². The van der Waals surface area contributed by atoms with Crippen LogP contribution in [-0.4, -0.2) is 23.2 Å². The summed E-state index contributed by atoms with van der Waals surface area (Å²) in [5, 5.41) is 4.86. The molecule has 1 N–H and O–H groups in total. The Morgan fingerprint density at radius 1 is 1.38 bits per heavy atom. The highest BCUT2D eigenvalue weighted by Crippen LogP contribution is 2.24.